The maximum absolute atomic E-state index is 14.1. The van der Waals surface area contributed by atoms with E-state index in [-0.39, 0.29) is 17.7 Å². The Bertz CT molecular complexity index is 1260. The number of aliphatic hydroxyl groups is 1. The molecule has 2 unspecified atom stereocenters. The monoisotopic (exact) mass is 477 g/mol. The molecule has 5 atom stereocenters. The molecule has 1 aromatic carbocycles. The standard InChI is InChI=1S/C28H35N3O4/c1-23(2)10-9-16-18(35-23)8-7-17-20(16)29-21(32)27(17)14-26-15-31-12-11-25(5,34)28(31,22(33)30(26)6)13-19(26)24(27,3)4/h7-10,19,34H,11-15H2,1-6H3,(H,29,32)/t19?,25-,26-,27?,28+/m1/s1. The minimum Gasteiger partial charge on any atom is -0.483 e. The number of amides is 2. The van der Waals surface area contributed by atoms with Crippen LogP contribution in [0.15, 0.2) is 18.2 Å². The van der Waals surface area contributed by atoms with Crippen molar-refractivity contribution in [2.45, 2.75) is 81.6 Å². The first-order chi connectivity index (χ1) is 16.2. The number of carbonyl (C=O) groups excluding carboxylic acids is 2. The molecule has 2 bridgehead atoms. The van der Waals surface area contributed by atoms with E-state index < -0.39 is 33.1 Å². The van der Waals surface area contributed by atoms with Gasteiger partial charge in [0.05, 0.1) is 22.2 Å². The van der Waals surface area contributed by atoms with Crippen LogP contribution in [-0.4, -0.2) is 69.1 Å². The number of benzene rings is 1. The van der Waals surface area contributed by atoms with Gasteiger partial charge in [-0.2, -0.15) is 0 Å². The lowest BCUT2D eigenvalue weighted by Gasteiger charge is -2.65. The molecule has 4 saturated heterocycles. The summed E-state index contributed by atoms with van der Waals surface area (Å²) in [6.07, 6.45) is 5.87. The Labute approximate surface area is 206 Å². The Hall–Kier alpha value is -2.38. The average Bonchev–Trinajstić information content (AvgIpc) is 3.29. The van der Waals surface area contributed by atoms with Crippen molar-refractivity contribution in [1.29, 1.82) is 0 Å². The van der Waals surface area contributed by atoms with E-state index >= 15 is 0 Å². The fraction of sp³-hybridized carbons (Fsp3) is 0.643. The van der Waals surface area contributed by atoms with Gasteiger partial charge in [0.25, 0.3) is 0 Å². The predicted molar refractivity (Wildman–Crippen MR) is 132 cm³/mol. The van der Waals surface area contributed by atoms with Crippen LogP contribution in [0.2, 0.25) is 0 Å². The van der Waals surface area contributed by atoms with Gasteiger partial charge in [0, 0.05) is 25.7 Å². The molecule has 8 rings (SSSR count). The van der Waals surface area contributed by atoms with Crippen molar-refractivity contribution in [2.24, 2.45) is 11.3 Å². The number of hydrogen-bond donors (Lipinski definition) is 2. The summed E-state index contributed by atoms with van der Waals surface area (Å²) in [5.41, 5.74) is -1.26. The lowest BCUT2D eigenvalue weighted by Crippen LogP contribution is -2.82. The van der Waals surface area contributed by atoms with Crippen LogP contribution in [0.5, 0.6) is 5.75 Å². The summed E-state index contributed by atoms with van der Waals surface area (Å²) in [5.74, 6) is 0.889. The fourth-order valence-electron chi connectivity index (χ4n) is 9.17. The number of carbonyl (C=O) groups is 2. The van der Waals surface area contributed by atoms with Crippen LogP contribution in [0.3, 0.4) is 0 Å². The van der Waals surface area contributed by atoms with Gasteiger partial charge >= 0.3 is 0 Å². The zero-order chi connectivity index (χ0) is 25.0. The average molecular weight is 478 g/mol. The van der Waals surface area contributed by atoms with Crippen molar-refractivity contribution >= 4 is 23.6 Å². The number of piperazine rings is 1. The van der Waals surface area contributed by atoms with E-state index in [2.05, 4.69) is 36.2 Å². The highest BCUT2D eigenvalue weighted by molar-refractivity contribution is 6.10. The highest BCUT2D eigenvalue weighted by atomic mass is 16.5. The van der Waals surface area contributed by atoms with Crippen LogP contribution in [0, 0.1) is 11.3 Å². The number of nitrogens with one attached hydrogen (secondary N) is 1. The SMILES string of the molecule is CN1C(=O)[C@]23CC4C(C)(C)C5(C[C@@]41CN2CC[C@@]3(C)O)C(=O)Nc1c5ccc2c1C=CC(C)(C)O2. The van der Waals surface area contributed by atoms with E-state index in [9.17, 15) is 14.7 Å². The number of anilines is 1. The molecule has 0 radical (unpaired) electrons. The Morgan fingerprint density at radius 2 is 1.89 bits per heavy atom. The topological polar surface area (TPSA) is 82.1 Å². The maximum atomic E-state index is 14.1. The molecule has 3 spiro atoms. The normalized spacial score (nSPS) is 43.6. The third kappa shape index (κ3) is 2.08. The largest absolute Gasteiger partial charge is 0.483 e. The molecule has 7 nitrogen and oxygen atoms in total. The molecule has 7 aliphatic rings. The molecule has 5 fully saturated rings. The quantitative estimate of drug-likeness (QED) is 0.601. The Kier molecular flexibility index (Phi) is 3.61. The van der Waals surface area contributed by atoms with Crippen LogP contribution < -0.4 is 10.1 Å². The van der Waals surface area contributed by atoms with Crippen LogP contribution in [0.4, 0.5) is 5.69 Å². The van der Waals surface area contributed by atoms with E-state index in [1.165, 1.54) is 0 Å². The van der Waals surface area contributed by atoms with E-state index in [0.717, 1.165) is 22.6 Å². The number of piperidine rings is 2. The van der Waals surface area contributed by atoms with Crippen LogP contribution in [-0.2, 0) is 15.0 Å². The van der Waals surface area contributed by atoms with Crippen molar-refractivity contribution < 1.29 is 19.4 Å². The lowest BCUT2D eigenvalue weighted by atomic mass is 9.55. The Morgan fingerprint density at radius 1 is 1.14 bits per heavy atom. The van der Waals surface area contributed by atoms with Gasteiger partial charge in [-0.1, -0.05) is 19.9 Å². The second kappa shape index (κ2) is 5.78. The summed E-state index contributed by atoms with van der Waals surface area (Å²) in [6, 6.07) is 4.08. The number of hydrogen-bond acceptors (Lipinski definition) is 5. The molecular formula is C28H35N3O4. The second-order valence-corrected chi connectivity index (χ2v) is 13.2. The molecule has 1 saturated carbocycles. The first-order valence-corrected chi connectivity index (χ1v) is 12.9. The molecule has 1 aliphatic carbocycles. The maximum Gasteiger partial charge on any atom is 0.246 e. The lowest BCUT2D eigenvalue weighted by molar-refractivity contribution is -0.206. The Morgan fingerprint density at radius 3 is 2.63 bits per heavy atom. The van der Waals surface area contributed by atoms with Crippen molar-refractivity contribution in [3.05, 3.63) is 29.3 Å². The minimum atomic E-state index is -1.08. The molecule has 1 aromatic rings. The van der Waals surface area contributed by atoms with E-state index in [0.29, 0.717) is 32.4 Å². The van der Waals surface area contributed by atoms with Gasteiger partial charge in [0.1, 0.15) is 16.9 Å². The summed E-state index contributed by atoms with van der Waals surface area (Å²) in [5, 5.41) is 14.8. The van der Waals surface area contributed by atoms with E-state index in [1.807, 2.05) is 44.9 Å². The third-order valence-electron chi connectivity index (χ3n) is 11.1. The van der Waals surface area contributed by atoms with Crippen LogP contribution in [0.25, 0.3) is 6.08 Å². The van der Waals surface area contributed by atoms with Gasteiger partial charge in [0.2, 0.25) is 11.8 Å². The molecule has 186 valence electrons. The van der Waals surface area contributed by atoms with Gasteiger partial charge in [0.15, 0.2) is 0 Å². The van der Waals surface area contributed by atoms with Crippen molar-refractivity contribution in [1.82, 2.24) is 9.80 Å². The Balaban J connectivity index is 1.43. The van der Waals surface area contributed by atoms with Gasteiger partial charge in [-0.05, 0) is 75.1 Å². The van der Waals surface area contributed by atoms with Crippen LogP contribution in [0.1, 0.15) is 65.0 Å². The minimum absolute atomic E-state index is 0.0120. The summed E-state index contributed by atoms with van der Waals surface area (Å²) >= 11 is 0. The highest BCUT2D eigenvalue weighted by Crippen LogP contribution is 2.72. The summed E-state index contributed by atoms with van der Waals surface area (Å²) in [7, 11) is 1.90. The number of fused-ring (bicyclic) bond motifs is 5. The number of rotatable bonds is 0. The molecule has 6 aliphatic heterocycles. The molecule has 2 amide bonds. The van der Waals surface area contributed by atoms with Gasteiger partial charge < -0.3 is 20.1 Å². The van der Waals surface area contributed by atoms with Crippen molar-refractivity contribution in [3.63, 3.8) is 0 Å². The smallest absolute Gasteiger partial charge is 0.246 e. The summed E-state index contributed by atoms with van der Waals surface area (Å²) in [4.78, 5) is 32.2. The fourth-order valence-corrected chi connectivity index (χ4v) is 9.17. The predicted octanol–water partition coefficient (Wildman–Crippen LogP) is 2.92. The molecule has 0 aromatic heterocycles. The number of likely N-dealkylation sites (N-methyl/N-ethyl adjacent to an activating group) is 1. The van der Waals surface area contributed by atoms with E-state index in [1.54, 1.807) is 0 Å². The number of ether oxygens (including phenoxy) is 1. The first-order valence-electron chi connectivity index (χ1n) is 12.9. The molecule has 35 heavy (non-hydrogen) atoms. The second-order valence-electron chi connectivity index (χ2n) is 13.2. The first kappa shape index (κ1) is 21.9. The third-order valence-corrected chi connectivity index (χ3v) is 11.1. The van der Waals surface area contributed by atoms with Crippen molar-refractivity contribution in [3.8, 4) is 5.75 Å². The van der Waals surface area contributed by atoms with Gasteiger partial charge in [-0.15, -0.1) is 0 Å². The zero-order valence-corrected chi connectivity index (χ0v) is 21.5. The molecule has 2 N–H and O–H groups in total. The summed E-state index contributed by atoms with van der Waals surface area (Å²) in [6.45, 7) is 11.7. The summed E-state index contributed by atoms with van der Waals surface area (Å²) < 4.78 is 6.20. The highest BCUT2D eigenvalue weighted by Gasteiger charge is 2.82. The molecule has 7 heteroatoms. The van der Waals surface area contributed by atoms with Gasteiger partial charge in [-0.25, -0.2) is 0 Å². The molecular weight excluding hydrogens is 442 g/mol. The zero-order valence-electron chi connectivity index (χ0n) is 21.5. The van der Waals surface area contributed by atoms with E-state index in [4.69, 9.17) is 4.74 Å². The number of nitrogens with zero attached hydrogens (tertiary/aromatic N) is 2. The van der Waals surface area contributed by atoms with Crippen molar-refractivity contribution in [2.75, 3.05) is 25.5 Å². The van der Waals surface area contributed by atoms with Gasteiger partial charge in [-0.3, -0.25) is 14.5 Å². The molecule has 6 heterocycles. The van der Waals surface area contributed by atoms with Crippen LogP contribution >= 0.6 is 0 Å².